The maximum Gasteiger partial charge on any atom is 2.00 e. The van der Waals surface area contributed by atoms with Gasteiger partial charge in [-0.2, -0.15) is 0 Å². The summed E-state index contributed by atoms with van der Waals surface area (Å²) in [5, 5.41) is 0. The van der Waals surface area contributed by atoms with Crippen LogP contribution in [0.4, 0.5) is 0 Å². The van der Waals surface area contributed by atoms with Crippen LogP contribution in [0.5, 0.6) is 0 Å². The molecular formula is C9H14Mg. The average molecular weight is 147 g/mol. The van der Waals surface area contributed by atoms with Crippen LogP contribution >= 0.6 is 0 Å². The Balaban J connectivity index is -0.000000270. The average Bonchev–Trinajstić information content (AvgIpc) is 1.90. The molecule has 0 nitrogen and oxygen atoms in total. The van der Waals surface area contributed by atoms with Crippen molar-refractivity contribution in [2.75, 3.05) is 0 Å². The van der Waals surface area contributed by atoms with E-state index in [0.717, 1.165) is 6.42 Å². The SMILES string of the molecule is CCc1ccc(C)cc1.[H-].[H-].[Mg+2]. The predicted octanol–water partition coefficient (Wildman–Crippen LogP) is 2.40. The topological polar surface area (TPSA) is 0 Å². The molecule has 1 aromatic rings. The van der Waals surface area contributed by atoms with Gasteiger partial charge in [0, 0.05) is 0 Å². The summed E-state index contributed by atoms with van der Waals surface area (Å²) in [6, 6.07) is 8.66. The van der Waals surface area contributed by atoms with E-state index in [-0.39, 0.29) is 25.9 Å². The summed E-state index contributed by atoms with van der Waals surface area (Å²) < 4.78 is 0. The number of hydrogen-bond donors (Lipinski definition) is 0. The van der Waals surface area contributed by atoms with E-state index in [9.17, 15) is 0 Å². The molecule has 1 heteroatoms. The third kappa shape index (κ3) is 2.71. The van der Waals surface area contributed by atoms with Crippen molar-refractivity contribution >= 4 is 23.1 Å². The summed E-state index contributed by atoms with van der Waals surface area (Å²) in [6.45, 7) is 4.28. The van der Waals surface area contributed by atoms with Crippen molar-refractivity contribution < 1.29 is 2.85 Å². The van der Waals surface area contributed by atoms with Crippen LogP contribution in [0.15, 0.2) is 24.3 Å². The summed E-state index contributed by atoms with van der Waals surface area (Å²) in [7, 11) is 0. The van der Waals surface area contributed by atoms with Gasteiger partial charge in [-0.1, -0.05) is 36.8 Å². The molecule has 0 amide bonds. The third-order valence-corrected chi connectivity index (χ3v) is 1.53. The Morgan fingerprint density at radius 2 is 1.70 bits per heavy atom. The molecule has 0 saturated heterocycles. The van der Waals surface area contributed by atoms with Crippen molar-refractivity contribution in [2.45, 2.75) is 20.3 Å². The first-order chi connectivity index (χ1) is 4.33. The maximum absolute atomic E-state index is 2.18. The molecule has 0 unspecified atom stereocenters. The first kappa shape index (κ1) is 9.99. The van der Waals surface area contributed by atoms with E-state index in [2.05, 4.69) is 38.1 Å². The van der Waals surface area contributed by atoms with Gasteiger partial charge in [0.1, 0.15) is 0 Å². The fourth-order valence-corrected chi connectivity index (χ4v) is 0.824. The zero-order valence-corrected chi connectivity index (χ0v) is 8.14. The van der Waals surface area contributed by atoms with E-state index in [1.807, 2.05) is 0 Å². The van der Waals surface area contributed by atoms with Crippen LogP contribution in [0.2, 0.25) is 0 Å². The normalized spacial score (nSPS) is 8.60. The molecule has 0 aromatic heterocycles. The van der Waals surface area contributed by atoms with Crippen molar-refractivity contribution in [1.29, 1.82) is 0 Å². The Kier molecular flexibility index (Phi) is 4.74. The van der Waals surface area contributed by atoms with E-state index in [1.54, 1.807) is 0 Å². The number of aryl methyl sites for hydroxylation is 2. The second-order valence-electron chi connectivity index (χ2n) is 2.34. The van der Waals surface area contributed by atoms with Crippen LogP contribution in [-0.2, 0) is 6.42 Å². The van der Waals surface area contributed by atoms with Crippen LogP contribution in [0, 0.1) is 6.92 Å². The van der Waals surface area contributed by atoms with Crippen molar-refractivity contribution in [1.82, 2.24) is 0 Å². The van der Waals surface area contributed by atoms with Crippen LogP contribution in [0.1, 0.15) is 20.9 Å². The summed E-state index contributed by atoms with van der Waals surface area (Å²) in [5.74, 6) is 0. The molecule has 0 aliphatic rings. The van der Waals surface area contributed by atoms with Gasteiger partial charge < -0.3 is 2.85 Å². The number of rotatable bonds is 1. The van der Waals surface area contributed by atoms with Crippen LogP contribution in [0.3, 0.4) is 0 Å². The minimum atomic E-state index is 0. The number of hydrogen-bond acceptors (Lipinski definition) is 0. The smallest absolute Gasteiger partial charge is 1.00 e. The molecule has 0 fully saturated rings. The Hall–Kier alpha value is -0.0138. The molecule has 0 heterocycles. The molecular weight excluding hydrogens is 132 g/mol. The van der Waals surface area contributed by atoms with Crippen molar-refractivity contribution in [3.63, 3.8) is 0 Å². The second kappa shape index (κ2) is 4.75. The maximum atomic E-state index is 2.18. The Bertz CT molecular complexity index is 184. The molecule has 0 atom stereocenters. The first-order valence-corrected chi connectivity index (χ1v) is 3.38. The van der Waals surface area contributed by atoms with E-state index >= 15 is 0 Å². The Morgan fingerprint density at radius 1 is 1.20 bits per heavy atom. The van der Waals surface area contributed by atoms with Gasteiger partial charge in [0.15, 0.2) is 0 Å². The molecule has 0 saturated carbocycles. The minimum absolute atomic E-state index is 0. The van der Waals surface area contributed by atoms with Crippen molar-refractivity contribution in [3.8, 4) is 0 Å². The van der Waals surface area contributed by atoms with Gasteiger partial charge in [0.2, 0.25) is 0 Å². The van der Waals surface area contributed by atoms with E-state index in [4.69, 9.17) is 0 Å². The monoisotopic (exact) mass is 146 g/mol. The summed E-state index contributed by atoms with van der Waals surface area (Å²) >= 11 is 0. The predicted molar refractivity (Wildman–Crippen MR) is 48.5 cm³/mol. The Labute approximate surface area is 81.8 Å². The van der Waals surface area contributed by atoms with E-state index in [1.165, 1.54) is 11.1 Å². The quantitative estimate of drug-likeness (QED) is 0.534. The zero-order chi connectivity index (χ0) is 6.69. The van der Waals surface area contributed by atoms with Gasteiger partial charge in [-0.3, -0.25) is 0 Å². The Morgan fingerprint density at radius 3 is 2.10 bits per heavy atom. The zero-order valence-electron chi connectivity index (χ0n) is 8.72. The molecule has 1 aromatic carbocycles. The molecule has 52 valence electrons. The molecule has 0 radical (unpaired) electrons. The van der Waals surface area contributed by atoms with Crippen LogP contribution < -0.4 is 0 Å². The van der Waals surface area contributed by atoms with Crippen molar-refractivity contribution in [2.24, 2.45) is 0 Å². The van der Waals surface area contributed by atoms with Crippen LogP contribution in [0.25, 0.3) is 0 Å². The molecule has 0 spiro atoms. The standard InChI is InChI=1S/C9H12.Mg.2H/c1-3-9-6-4-8(2)5-7-9;;;/h4-7H,3H2,1-2H3;;;/q;+2;2*-1. The molecule has 1 rings (SSSR count). The van der Waals surface area contributed by atoms with E-state index in [0.29, 0.717) is 0 Å². The summed E-state index contributed by atoms with van der Waals surface area (Å²) in [4.78, 5) is 0. The molecule has 0 bridgehead atoms. The molecule has 0 aliphatic heterocycles. The fourth-order valence-electron chi connectivity index (χ4n) is 0.824. The van der Waals surface area contributed by atoms with Gasteiger partial charge in [0.25, 0.3) is 0 Å². The van der Waals surface area contributed by atoms with Gasteiger partial charge >= 0.3 is 23.1 Å². The second-order valence-corrected chi connectivity index (χ2v) is 2.34. The third-order valence-electron chi connectivity index (χ3n) is 1.53. The largest absolute Gasteiger partial charge is 2.00 e. The first-order valence-electron chi connectivity index (χ1n) is 3.38. The van der Waals surface area contributed by atoms with Gasteiger partial charge in [-0.15, -0.1) is 0 Å². The number of benzene rings is 1. The summed E-state index contributed by atoms with van der Waals surface area (Å²) in [6.07, 6.45) is 1.14. The van der Waals surface area contributed by atoms with Crippen LogP contribution in [-0.4, -0.2) is 23.1 Å². The summed E-state index contributed by atoms with van der Waals surface area (Å²) in [5.41, 5.74) is 2.76. The van der Waals surface area contributed by atoms with Gasteiger partial charge in [-0.25, -0.2) is 0 Å². The van der Waals surface area contributed by atoms with Gasteiger partial charge in [-0.05, 0) is 18.9 Å². The van der Waals surface area contributed by atoms with Crippen molar-refractivity contribution in [3.05, 3.63) is 35.4 Å². The van der Waals surface area contributed by atoms with E-state index < -0.39 is 0 Å². The fraction of sp³-hybridized carbons (Fsp3) is 0.333. The van der Waals surface area contributed by atoms with Gasteiger partial charge in [0.05, 0.1) is 0 Å². The minimum Gasteiger partial charge on any atom is -1.00 e. The molecule has 0 aliphatic carbocycles. The molecule has 0 N–H and O–H groups in total. The molecule has 10 heavy (non-hydrogen) atoms.